The third-order valence-electron chi connectivity index (χ3n) is 4.36. The molecule has 0 spiro atoms. The summed E-state index contributed by atoms with van der Waals surface area (Å²) in [5.74, 6) is -0.893. The maximum Gasteiger partial charge on any atom is 0.331 e. The summed E-state index contributed by atoms with van der Waals surface area (Å²) in [4.78, 5) is 11.5. The van der Waals surface area contributed by atoms with Crippen LogP contribution in [0, 0.1) is 5.41 Å². The third-order valence-corrected chi connectivity index (χ3v) is 4.36. The predicted molar refractivity (Wildman–Crippen MR) is 93.7 cm³/mol. The van der Waals surface area contributed by atoms with Gasteiger partial charge in [0.2, 0.25) is 0 Å². The van der Waals surface area contributed by atoms with Crippen LogP contribution in [-0.2, 0) is 4.79 Å². The molecule has 0 saturated carbocycles. The topological polar surface area (TPSA) is 37.3 Å². The lowest BCUT2D eigenvalue weighted by molar-refractivity contribution is -0.133. The summed E-state index contributed by atoms with van der Waals surface area (Å²) < 4.78 is 0. The zero-order chi connectivity index (χ0) is 16.4. The van der Waals surface area contributed by atoms with Gasteiger partial charge in [-0.3, -0.25) is 0 Å². The number of hydrogen-bond donors (Lipinski definition) is 1. The van der Waals surface area contributed by atoms with Gasteiger partial charge in [0, 0.05) is 11.0 Å². The van der Waals surface area contributed by atoms with E-state index in [0.717, 1.165) is 31.2 Å². The van der Waals surface area contributed by atoms with Gasteiger partial charge in [0.05, 0.1) is 0 Å². The number of rotatable bonds is 10. The zero-order valence-electron chi connectivity index (χ0n) is 13.8. The normalized spacial score (nSPS) is 13.9. The lowest BCUT2D eigenvalue weighted by Crippen LogP contribution is -2.24. The molecule has 120 valence electrons. The van der Waals surface area contributed by atoms with E-state index in [1.807, 2.05) is 49.4 Å². The molecule has 1 aromatic rings. The summed E-state index contributed by atoms with van der Waals surface area (Å²) >= 11 is 0. The van der Waals surface area contributed by atoms with Crippen molar-refractivity contribution < 1.29 is 9.90 Å². The van der Waals surface area contributed by atoms with Crippen molar-refractivity contribution in [2.75, 3.05) is 0 Å². The molecule has 0 aliphatic heterocycles. The van der Waals surface area contributed by atoms with Gasteiger partial charge in [-0.2, -0.15) is 0 Å². The zero-order valence-corrected chi connectivity index (χ0v) is 13.8. The molecule has 1 atom stereocenters. The number of allylic oxidation sites excluding steroid dienone is 1. The van der Waals surface area contributed by atoms with E-state index in [-0.39, 0.29) is 0 Å². The van der Waals surface area contributed by atoms with E-state index in [1.54, 1.807) is 0 Å². The van der Waals surface area contributed by atoms with Gasteiger partial charge in [0.15, 0.2) is 0 Å². The molecule has 1 N–H and O–H groups in total. The average Bonchev–Trinajstić information content (AvgIpc) is 2.55. The molecule has 0 aromatic heterocycles. The summed E-state index contributed by atoms with van der Waals surface area (Å²) in [5.41, 5.74) is 0.945. The lowest BCUT2D eigenvalue weighted by Gasteiger charge is -2.30. The molecule has 0 fully saturated rings. The third kappa shape index (κ3) is 5.18. The van der Waals surface area contributed by atoms with Gasteiger partial charge in [-0.05, 0) is 18.4 Å². The lowest BCUT2D eigenvalue weighted by atomic mass is 9.73. The number of carboxylic acid groups (broad SMARTS) is 1. The van der Waals surface area contributed by atoms with E-state index in [4.69, 9.17) is 0 Å². The molecule has 22 heavy (non-hydrogen) atoms. The van der Waals surface area contributed by atoms with Crippen molar-refractivity contribution in [2.45, 2.75) is 52.4 Å². The van der Waals surface area contributed by atoms with Crippen LogP contribution in [0.25, 0.3) is 6.08 Å². The molecule has 0 aliphatic carbocycles. The van der Waals surface area contributed by atoms with Crippen molar-refractivity contribution in [3.05, 3.63) is 54.1 Å². The standard InChI is InChI=1S/C20H28O2/c1-4-6-7-11-15-20(5-2,17(3)19(21)22)16-14-18-12-9-8-10-13-18/h8-10,12-14,16H,3-7,11,15H2,1-2H3,(H,21,22). The highest BCUT2D eigenvalue weighted by molar-refractivity contribution is 5.88. The highest BCUT2D eigenvalue weighted by Gasteiger charge is 2.32. The van der Waals surface area contributed by atoms with Gasteiger partial charge in [-0.1, -0.05) is 88.6 Å². The molecule has 1 aromatic carbocycles. The minimum absolute atomic E-state index is 0.304. The summed E-state index contributed by atoms with van der Waals surface area (Å²) in [7, 11) is 0. The second-order valence-corrected chi connectivity index (χ2v) is 5.85. The second kappa shape index (κ2) is 9.24. The van der Waals surface area contributed by atoms with Gasteiger partial charge in [-0.15, -0.1) is 0 Å². The number of carboxylic acids is 1. The molecule has 1 unspecified atom stereocenters. The Hall–Kier alpha value is -1.83. The van der Waals surface area contributed by atoms with E-state index >= 15 is 0 Å². The quantitative estimate of drug-likeness (QED) is 0.444. The number of unbranched alkanes of at least 4 members (excludes halogenated alkanes) is 3. The van der Waals surface area contributed by atoms with Crippen LogP contribution < -0.4 is 0 Å². The minimum Gasteiger partial charge on any atom is -0.478 e. The SMILES string of the molecule is C=C(C(=O)O)C(C=Cc1ccccc1)(CC)CCCCCC. The number of hydrogen-bond acceptors (Lipinski definition) is 1. The molecule has 1 rings (SSSR count). The van der Waals surface area contributed by atoms with Crippen molar-refractivity contribution in [3.63, 3.8) is 0 Å². The van der Waals surface area contributed by atoms with Crippen LogP contribution in [0.2, 0.25) is 0 Å². The molecular formula is C20H28O2. The van der Waals surface area contributed by atoms with E-state index in [2.05, 4.69) is 13.5 Å². The fraction of sp³-hybridized carbons (Fsp3) is 0.450. The van der Waals surface area contributed by atoms with Crippen molar-refractivity contribution in [3.8, 4) is 0 Å². The van der Waals surface area contributed by atoms with Crippen molar-refractivity contribution in [1.29, 1.82) is 0 Å². The Morgan fingerprint density at radius 3 is 2.41 bits per heavy atom. The molecule has 2 heteroatoms. The van der Waals surface area contributed by atoms with Gasteiger partial charge >= 0.3 is 5.97 Å². The number of aliphatic carboxylic acids is 1. The van der Waals surface area contributed by atoms with Crippen LogP contribution in [0.4, 0.5) is 0 Å². The first kappa shape index (κ1) is 18.2. The van der Waals surface area contributed by atoms with E-state index < -0.39 is 11.4 Å². The van der Waals surface area contributed by atoms with Gasteiger partial charge in [0.1, 0.15) is 0 Å². The van der Waals surface area contributed by atoms with Crippen LogP contribution in [0.3, 0.4) is 0 Å². The van der Waals surface area contributed by atoms with Gasteiger partial charge < -0.3 is 5.11 Å². The van der Waals surface area contributed by atoms with Crippen LogP contribution >= 0.6 is 0 Å². The molecule has 0 bridgehead atoms. The molecule has 0 radical (unpaired) electrons. The Kier molecular flexibility index (Phi) is 7.65. The monoisotopic (exact) mass is 300 g/mol. The summed E-state index contributed by atoms with van der Waals surface area (Å²) in [6, 6.07) is 10.0. The Bertz CT molecular complexity index is 502. The number of carbonyl (C=O) groups is 1. The van der Waals surface area contributed by atoms with Gasteiger partial charge in [-0.25, -0.2) is 4.79 Å². The molecule has 0 aliphatic rings. The van der Waals surface area contributed by atoms with E-state index in [1.165, 1.54) is 12.8 Å². The smallest absolute Gasteiger partial charge is 0.331 e. The van der Waals surface area contributed by atoms with Gasteiger partial charge in [0.25, 0.3) is 0 Å². The highest BCUT2D eigenvalue weighted by Crippen LogP contribution is 2.38. The van der Waals surface area contributed by atoms with Crippen LogP contribution in [-0.4, -0.2) is 11.1 Å². The Morgan fingerprint density at radius 2 is 1.86 bits per heavy atom. The summed E-state index contributed by atoms with van der Waals surface area (Å²) in [6.45, 7) is 8.08. The van der Waals surface area contributed by atoms with Crippen molar-refractivity contribution in [2.24, 2.45) is 5.41 Å². The summed E-state index contributed by atoms with van der Waals surface area (Å²) in [6.07, 6.45) is 10.2. The molecule has 0 heterocycles. The first-order valence-electron chi connectivity index (χ1n) is 8.22. The molecule has 2 nitrogen and oxygen atoms in total. The fourth-order valence-corrected chi connectivity index (χ4v) is 2.74. The second-order valence-electron chi connectivity index (χ2n) is 5.85. The molecular weight excluding hydrogens is 272 g/mol. The van der Waals surface area contributed by atoms with Crippen LogP contribution in [0.1, 0.15) is 57.9 Å². The Labute approximate surface area is 134 Å². The minimum atomic E-state index is -0.893. The van der Waals surface area contributed by atoms with Crippen LogP contribution in [0.5, 0.6) is 0 Å². The van der Waals surface area contributed by atoms with E-state index in [0.29, 0.717) is 5.57 Å². The van der Waals surface area contributed by atoms with Crippen molar-refractivity contribution in [1.82, 2.24) is 0 Å². The maximum absolute atomic E-state index is 11.5. The van der Waals surface area contributed by atoms with E-state index in [9.17, 15) is 9.90 Å². The Balaban J connectivity index is 2.95. The van der Waals surface area contributed by atoms with Crippen molar-refractivity contribution >= 4 is 12.0 Å². The predicted octanol–water partition coefficient (Wildman–Crippen LogP) is 5.71. The Morgan fingerprint density at radius 1 is 1.18 bits per heavy atom. The van der Waals surface area contributed by atoms with Crippen LogP contribution in [0.15, 0.2) is 48.6 Å². The highest BCUT2D eigenvalue weighted by atomic mass is 16.4. The largest absolute Gasteiger partial charge is 0.478 e. The molecule has 0 amide bonds. The average molecular weight is 300 g/mol. The molecule has 0 saturated heterocycles. The summed E-state index contributed by atoms with van der Waals surface area (Å²) in [5, 5.41) is 9.42. The maximum atomic E-state index is 11.5. The fourth-order valence-electron chi connectivity index (χ4n) is 2.74. The first-order chi connectivity index (χ1) is 10.6. The first-order valence-corrected chi connectivity index (χ1v) is 8.22. The number of benzene rings is 1.